The van der Waals surface area contributed by atoms with Crippen LogP contribution < -0.4 is 4.74 Å². The fraction of sp³-hybridized carbons (Fsp3) is 0.314. The molecule has 9 nitrogen and oxygen atoms in total. The molecule has 6 rings (SSSR count). The molecule has 0 spiro atoms. The van der Waals surface area contributed by atoms with Crippen molar-refractivity contribution in [3.8, 4) is 11.8 Å². The minimum absolute atomic E-state index is 0.121. The molecule has 1 fully saturated rings. The van der Waals surface area contributed by atoms with E-state index in [1.165, 1.54) is 0 Å². The SMILES string of the molecule is CCn1cncc1Cn1c(CN2CCC(C(F)c3cccc(COc4ccc(Cl)cc4C#N)c3)CC2)nc2ccc(C(=O)O)cc21. The minimum atomic E-state index is -1.11. The topological polar surface area (TPSA) is 109 Å². The lowest BCUT2D eigenvalue weighted by Gasteiger charge is -2.33. The van der Waals surface area contributed by atoms with Gasteiger partial charge in [-0.3, -0.25) is 4.90 Å². The second-order valence-electron chi connectivity index (χ2n) is 11.6. The zero-order valence-corrected chi connectivity index (χ0v) is 26.2. The number of carboxylic acid groups (broad SMARTS) is 1. The Bertz CT molecular complexity index is 1910. The maximum atomic E-state index is 15.9. The first kappa shape index (κ1) is 31.3. The number of aryl methyl sites for hydroxylation is 1. The Morgan fingerprint density at radius 2 is 1.98 bits per heavy atom. The summed E-state index contributed by atoms with van der Waals surface area (Å²) in [6.07, 6.45) is 3.91. The molecular weight excluding hydrogens is 607 g/mol. The summed E-state index contributed by atoms with van der Waals surface area (Å²) in [6.45, 7) is 5.57. The van der Waals surface area contributed by atoms with Crippen molar-refractivity contribution in [2.75, 3.05) is 13.1 Å². The van der Waals surface area contributed by atoms with Crippen LogP contribution in [0.3, 0.4) is 0 Å². The number of piperidine rings is 1. The molecule has 3 heterocycles. The average Bonchev–Trinajstić information content (AvgIpc) is 3.67. The van der Waals surface area contributed by atoms with E-state index in [4.69, 9.17) is 21.3 Å². The number of carbonyl (C=O) groups is 1. The van der Waals surface area contributed by atoms with Gasteiger partial charge in [0.05, 0.1) is 47.3 Å². The Morgan fingerprint density at radius 1 is 1.15 bits per heavy atom. The largest absolute Gasteiger partial charge is 0.488 e. The Morgan fingerprint density at radius 3 is 2.74 bits per heavy atom. The summed E-state index contributed by atoms with van der Waals surface area (Å²) >= 11 is 5.99. The van der Waals surface area contributed by atoms with E-state index in [1.54, 1.807) is 42.7 Å². The first-order valence-corrected chi connectivity index (χ1v) is 15.7. The van der Waals surface area contributed by atoms with E-state index in [0.29, 0.717) is 47.8 Å². The molecule has 0 amide bonds. The molecule has 236 valence electrons. The van der Waals surface area contributed by atoms with Gasteiger partial charge in [-0.15, -0.1) is 0 Å². The number of fused-ring (bicyclic) bond motifs is 1. The van der Waals surface area contributed by atoms with Gasteiger partial charge in [0.25, 0.3) is 0 Å². The molecule has 0 aliphatic carbocycles. The summed E-state index contributed by atoms with van der Waals surface area (Å²) in [7, 11) is 0. The first-order chi connectivity index (χ1) is 22.3. The molecule has 1 aliphatic heterocycles. The number of benzene rings is 3. The Kier molecular flexibility index (Phi) is 9.33. The van der Waals surface area contributed by atoms with Crippen LogP contribution in [0.5, 0.6) is 5.75 Å². The molecule has 11 heteroatoms. The van der Waals surface area contributed by atoms with Crippen molar-refractivity contribution in [3.63, 3.8) is 0 Å². The predicted molar refractivity (Wildman–Crippen MR) is 172 cm³/mol. The van der Waals surface area contributed by atoms with E-state index in [1.807, 2.05) is 30.5 Å². The summed E-state index contributed by atoms with van der Waals surface area (Å²) in [4.78, 5) is 23.2. The van der Waals surface area contributed by atoms with Gasteiger partial charge in [-0.2, -0.15) is 5.26 Å². The van der Waals surface area contributed by atoms with Crippen molar-refractivity contribution >= 4 is 28.6 Å². The molecule has 1 atom stereocenters. The summed E-state index contributed by atoms with van der Waals surface area (Å²) in [5.74, 6) is 0.174. The Hall–Kier alpha value is -4.72. The van der Waals surface area contributed by atoms with E-state index in [0.717, 1.165) is 47.7 Å². The molecular formula is C35H34ClFN6O3. The molecule has 5 aromatic rings. The number of hydrogen-bond donors (Lipinski definition) is 1. The summed E-state index contributed by atoms with van der Waals surface area (Å²) < 4.78 is 25.9. The number of nitrogens with zero attached hydrogens (tertiary/aromatic N) is 6. The molecule has 3 aromatic carbocycles. The van der Waals surface area contributed by atoms with E-state index in [9.17, 15) is 15.2 Å². The van der Waals surface area contributed by atoms with E-state index >= 15 is 4.39 Å². The standard InChI is InChI=1S/C35H34ClFN6O3/c1-2-42-22-39-18-29(42)19-43-31-16-26(35(44)45)6-8-30(31)40-33(43)20-41-12-10-24(11-13-41)34(37)25-5-3-4-23(14-25)21-46-32-9-7-28(36)15-27(32)17-38/h3-9,14-16,18,22,24,34H,2,10-13,19-21H2,1H3,(H,44,45). The molecule has 1 saturated heterocycles. The van der Waals surface area contributed by atoms with Crippen molar-refractivity contribution in [2.24, 2.45) is 5.92 Å². The number of imidazole rings is 2. The van der Waals surface area contributed by atoms with Gasteiger partial charge < -0.3 is 19.0 Å². The van der Waals surface area contributed by atoms with Gasteiger partial charge in [-0.25, -0.2) is 19.2 Å². The number of likely N-dealkylation sites (tertiary alicyclic amines) is 1. The smallest absolute Gasteiger partial charge is 0.335 e. The Balaban J connectivity index is 1.12. The van der Waals surface area contributed by atoms with Gasteiger partial charge in [-0.1, -0.05) is 29.8 Å². The number of aromatic carboxylic acids is 1. The van der Waals surface area contributed by atoms with Gasteiger partial charge in [-0.05, 0) is 92.4 Å². The summed E-state index contributed by atoms with van der Waals surface area (Å²) in [5.41, 5.74) is 4.53. The van der Waals surface area contributed by atoms with Crippen molar-refractivity contribution in [1.82, 2.24) is 24.0 Å². The maximum Gasteiger partial charge on any atom is 0.335 e. The fourth-order valence-corrected chi connectivity index (χ4v) is 6.31. The number of halogens is 2. The van der Waals surface area contributed by atoms with Crippen molar-refractivity contribution in [1.29, 1.82) is 5.26 Å². The first-order valence-electron chi connectivity index (χ1n) is 15.3. The zero-order valence-electron chi connectivity index (χ0n) is 25.4. The highest BCUT2D eigenvalue weighted by atomic mass is 35.5. The van der Waals surface area contributed by atoms with Crippen LogP contribution in [0.15, 0.2) is 73.2 Å². The van der Waals surface area contributed by atoms with Crippen LogP contribution in [0.1, 0.15) is 64.5 Å². The number of nitriles is 1. The van der Waals surface area contributed by atoms with Gasteiger partial charge in [0.15, 0.2) is 0 Å². The van der Waals surface area contributed by atoms with Crippen LogP contribution in [0.2, 0.25) is 5.02 Å². The van der Waals surface area contributed by atoms with Crippen molar-refractivity contribution < 1.29 is 19.0 Å². The lowest BCUT2D eigenvalue weighted by Crippen LogP contribution is -2.35. The number of alkyl halides is 1. The third-order valence-electron chi connectivity index (χ3n) is 8.67. The molecule has 0 radical (unpaired) electrons. The highest BCUT2D eigenvalue weighted by molar-refractivity contribution is 6.30. The van der Waals surface area contributed by atoms with Crippen LogP contribution in [0, 0.1) is 17.2 Å². The monoisotopic (exact) mass is 640 g/mol. The molecule has 0 saturated carbocycles. The van der Waals surface area contributed by atoms with Crippen LogP contribution in [-0.4, -0.2) is 48.2 Å². The third kappa shape index (κ3) is 6.76. The summed E-state index contributed by atoms with van der Waals surface area (Å²) in [5, 5.41) is 19.4. The molecule has 1 aliphatic rings. The van der Waals surface area contributed by atoms with Gasteiger partial charge in [0, 0.05) is 17.8 Å². The Labute approximate surface area is 271 Å². The number of carboxylic acids is 1. The van der Waals surface area contributed by atoms with E-state index in [-0.39, 0.29) is 18.1 Å². The maximum absolute atomic E-state index is 15.9. The van der Waals surface area contributed by atoms with Crippen LogP contribution >= 0.6 is 11.6 Å². The van der Waals surface area contributed by atoms with Crippen LogP contribution in [-0.2, 0) is 26.2 Å². The summed E-state index contributed by atoms with van der Waals surface area (Å²) in [6, 6.07) is 19.4. The van der Waals surface area contributed by atoms with Crippen LogP contribution in [0.4, 0.5) is 4.39 Å². The second kappa shape index (κ2) is 13.7. The van der Waals surface area contributed by atoms with Gasteiger partial charge in [0.2, 0.25) is 0 Å². The van der Waals surface area contributed by atoms with E-state index < -0.39 is 12.1 Å². The van der Waals surface area contributed by atoms with Crippen LogP contribution in [0.25, 0.3) is 11.0 Å². The zero-order chi connectivity index (χ0) is 32.2. The lowest BCUT2D eigenvalue weighted by atomic mass is 9.88. The highest BCUT2D eigenvalue weighted by Crippen LogP contribution is 2.35. The molecule has 46 heavy (non-hydrogen) atoms. The number of hydrogen-bond acceptors (Lipinski definition) is 6. The van der Waals surface area contributed by atoms with Gasteiger partial charge in [0.1, 0.15) is 30.4 Å². The van der Waals surface area contributed by atoms with Crippen molar-refractivity contribution in [3.05, 3.63) is 112 Å². The minimum Gasteiger partial charge on any atom is -0.488 e. The molecule has 0 bridgehead atoms. The number of ether oxygens (including phenoxy) is 1. The van der Waals surface area contributed by atoms with E-state index in [2.05, 4.69) is 32.0 Å². The highest BCUT2D eigenvalue weighted by Gasteiger charge is 2.29. The molecule has 1 unspecified atom stereocenters. The third-order valence-corrected chi connectivity index (χ3v) is 8.91. The second-order valence-corrected chi connectivity index (χ2v) is 12.0. The lowest BCUT2D eigenvalue weighted by molar-refractivity contribution is 0.0697. The predicted octanol–water partition coefficient (Wildman–Crippen LogP) is 7.03. The molecule has 2 aromatic heterocycles. The number of aromatic nitrogens is 4. The fourth-order valence-electron chi connectivity index (χ4n) is 6.14. The normalized spacial score (nSPS) is 14.7. The quantitative estimate of drug-likeness (QED) is 0.165. The average molecular weight is 641 g/mol. The number of rotatable bonds is 11. The molecule has 1 N–H and O–H groups in total. The van der Waals surface area contributed by atoms with Gasteiger partial charge >= 0.3 is 5.97 Å². The van der Waals surface area contributed by atoms with Crippen molar-refractivity contribution in [2.45, 2.75) is 52.2 Å².